The quantitative estimate of drug-likeness (QED) is 0.359. The first-order valence-corrected chi connectivity index (χ1v) is 10.7. The van der Waals surface area contributed by atoms with E-state index in [2.05, 4.69) is 74.4 Å². The third-order valence-electron chi connectivity index (χ3n) is 4.47. The van der Waals surface area contributed by atoms with Crippen LogP contribution in [0.1, 0.15) is 23.6 Å². The third-order valence-corrected chi connectivity index (χ3v) is 5.58. The minimum absolute atomic E-state index is 0.476. The maximum atomic E-state index is 6.03. The Kier molecular flexibility index (Phi) is 7.40. The summed E-state index contributed by atoms with van der Waals surface area (Å²) in [4.78, 5) is 0. The maximum absolute atomic E-state index is 6.03. The van der Waals surface area contributed by atoms with Gasteiger partial charge in [-0.15, -0.1) is 0 Å². The van der Waals surface area contributed by atoms with Crippen molar-refractivity contribution in [2.75, 3.05) is 12.4 Å². The number of rotatable bonds is 8. The predicted molar refractivity (Wildman–Crippen MR) is 122 cm³/mol. The molecular formula is C23H23Br2NO2. The van der Waals surface area contributed by atoms with Crippen LogP contribution in [0.15, 0.2) is 69.6 Å². The molecule has 3 aromatic rings. The number of benzene rings is 3. The Morgan fingerprint density at radius 3 is 2.39 bits per heavy atom. The van der Waals surface area contributed by atoms with E-state index in [0.29, 0.717) is 24.7 Å². The fourth-order valence-corrected chi connectivity index (χ4v) is 3.82. The third kappa shape index (κ3) is 5.30. The molecule has 0 radical (unpaired) electrons. The minimum atomic E-state index is 0.476. The maximum Gasteiger partial charge on any atom is 0.175 e. The molecule has 3 aromatic carbocycles. The molecule has 0 aliphatic carbocycles. The van der Waals surface area contributed by atoms with Gasteiger partial charge in [-0.1, -0.05) is 53.2 Å². The Morgan fingerprint density at radius 1 is 0.929 bits per heavy atom. The highest BCUT2D eigenvalue weighted by molar-refractivity contribution is 9.10. The molecule has 0 aliphatic rings. The van der Waals surface area contributed by atoms with Crippen molar-refractivity contribution >= 4 is 37.5 Å². The van der Waals surface area contributed by atoms with Crippen LogP contribution in [0.5, 0.6) is 11.5 Å². The molecule has 0 spiro atoms. The Balaban J connectivity index is 1.72. The molecule has 0 aromatic heterocycles. The van der Waals surface area contributed by atoms with Crippen molar-refractivity contribution in [1.29, 1.82) is 0 Å². The first-order chi connectivity index (χ1) is 13.6. The van der Waals surface area contributed by atoms with E-state index in [-0.39, 0.29) is 0 Å². The van der Waals surface area contributed by atoms with Crippen LogP contribution in [0.3, 0.4) is 0 Å². The van der Waals surface area contributed by atoms with E-state index in [1.54, 1.807) is 7.11 Å². The predicted octanol–water partition coefficient (Wildman–Crippen LogP) is 6.97. The van der Waals surface area contributed by atoms with Gasteiger partial charge in [-0.05, 0) is 69.4 Å². The molecule has 0 heterocycles. The molecule has 0 saturated heterocycles. The zero-order chi connectivity index (χ0) is 19.9. The molecule has 5 heteroatoms. The second-order valence-corrected chi connectivity index (χ2v) is 8.16. The number of hydrogen-bond donors (Lipinski definition) is 1. The number of anilines is 1. The SMILES string of the molecule is CCc1ccccc1NCc1cc(Br)c(OCc2ccc(Br)cc2)c(OC)c1. The standard InChI is InChI=1S/C23H23Br2NO2/c1-3-18-6-4-5-7-21(18)26-14-17-12-20(25)23(22(13-17)27-2)28-15-16-8-10-19(24)11-9-16/h4-13,26H,3,14-15H2,1-2H3. The normalized spacial score (nSPS) is 10.6. The number of hydrogen-bond acceptors (Lipinski definition) is 3. The molecule has 0 amide bonds. The summed E-state index contributed by atoms with van der Waals surface area (Å²) in [5, 5.41) is 3.52. The highest BCUT2D eigenvalue weighted by Gasteiger charge is 2.12. The molecule has 3 rings (SSSR count). The van der Waals surface area contributed by atoms with Crippen molar-refractivity contribution in [3.8, 4) is 11.5 Å². The van der Waals surface area contributed by atoms with Crippen LogP contribution in [0.4, 0.5) is 5.69 Å². The van der Waals surface area contributed by atoms with Crippen molar-refractivity contribution in [1.82, 2.24) is 0 Å². The molecule has 0 fully saturated rings. The van der Waals surface area contributed by atoms with E-state index in [0.717, 1.165) is 32.2 Å². The topological polar surface area (TPSA) is 30.5 Å². The number of nitrogens with one attached hydrogen (secondary N) is 1. The van der Waals surface area contributed by atoms with Crippen LogP contribution >= 0.6 is 31.9 Å². The summed E-state index contributed by atoms with van der Waals surface area (Å²) < 4.78 is 13.5. The molecule has 0 unspecified atom stereocenters. The van der Waals surface area contributed by atoms with Gasteiger partial charge in [0.15, 0.2) is 11.5 Å². The molecule has 28 heavy (non-hydrogen) atoms. The van der Waals surface area contributed by atoms with E-state index in [1.165, 1.54) is 5.56 Å². The number of halogens is 2. The Morgan fingerprint density at radius 2 is 1.68 bits per heavy atom. The average Bonchev–Trinajstić information content (AvgIpc) is 2.72. The van der Waals surface area contributed by atoms with Crippen molar-refractivity contribution in [2.24, 2.45) is 0 Å². The lowest BCUT2D eigenvalue weighted by atomic mass is 10.1. The second kappa shape index (κ2) is 9.99. The van der Waals surface area contributed by atoms with E-state index in [1.807, 2.05) is 30.3 Å². The van der Waals surface area contributed by atoms with Gasteiger partial charge in [-0.3, -0.25) is 0 Å². The van der Waals surface area contributed by atoms with Gasteiger partial charge in [0.2, 0.25) is 0 Å². The summed E-state index contributed by atoms with van der Waals surface area (Å²) in [6.07, 6.45) is 0.999. The lowest BCUT2D eigenvalue weighted by molar-refractivity contribution is 0.282. The second-order valence-electron chi connectivity index (χ2n) is 6.39. The van der Waals surface area contributed by atoms with Crippen LogP contribution in [0, 0.1) is 0 Å². The molecule has 0 bridgehead atoms. The van der Waals surface area contributed by atoms with Crippen LogP contribution < -0.4 is 14.8 Å². The van der Waals surface area contributed by atoms with Gasteiger partial charge in [0.05, 0.1) is 11.6 Å². The van der Waals surface area contributed by atoms with Gasteiger partial charge in [0.1, 0.15) is 6.61 Å². The lowest BCUT2D eigenvalue weighted by Crippen LogP contribution is -2.04. The Bertz CT molecular complexity index is 926. The fourth-order valence-electron chi connectivity index (χ4n) is 2.95. The number of methoxy groups -OCH3 is 1. The van der Waals surface area contributed by atoms with E-state index < -0.39 is 0 Å². The summed E-state index contributed by atoms with van der Waals surface area (Å²) in [7, 11) is 1.66. The largest absolute Gasteiger partial charge is 0.493 e. The average molecular weight is 505 g/mol. The van der Waals surface area contributed by atoms with E-state index in [9.17, 15) is 0 Å². The summed E-state index contributed by atoms with van der Waals surface area (Å²) in [6, 6.07) is 20.6. The Hall–Kier alpha value is -1.98. The van der Waals surface area contributed by atoms with Crippen molar-refractivity contribution < 1.29 is 9.47 Å². The Labute approximate surface area is 183 Å². The van der Waals surface area contributed by atoms with Crippen LogP contribution in [0.25, 0.3) is 0 Å². The molecular weight excluding hydrogens is 482 g/mol. The van der Waals surface area contributed by atoms with Gasteiger partial charge >= 0.3 is 0 Å². The van der Waals surface area contributed by atoms with Crippen LogP contribution in [0.2, 0.25) is 0 Å². The van der Waals surface area contributed by atoms with Gasteiger partial charge in [-0.2, -0.15) is 0 Å². The zero-order valence-electron chi connectivity index (χ0n) is 16.0. The number of aryl methyl sites for hydroxylation is 1. The van der Waals surface area contributed by atoms with E-state index in [4.69, 9.17) is 9.47 Å². The molecule has 0 atom stereocenters. The summed E-state index contributed by atoms with van der Waals surface area (Å²) in [5.74, 6) is 1.43. The van der Waals surface area contributed by atoms with Crippen LogP contribution in [-0.2, 0) is 19.6 Å². The lowest BCUT2D eigenvalue weighted by Gasteiger charge is -2.16. The van der Waals surface area contributed by atoms with Crippen molar-refractivity contribution in [2.45, 2.75) is 26.5 Å². The summed E-state index contributed by atoms with van der Waals surface area (Å²) in [6.45, 7) is 3.35. The minimum Gasteiger partial charge on any atom is -0.493 e. The molecule has 0 saturated carbocycles. The van der Waals surface area contributed by atoms with Crippen LogP contribution in [-0.4, -0.2) is 7.11 Å². The zero-order valence-corrected chi connectivity index (χ0v) is 19.1. The number of para-hydroxylation sites is 1. The van der Waals surface area contributed by atoms with Gasteiger partial charge in [-0.25, -0.2) is 0 Å². The smallest absolute Gasteiger partial charge is 0.175 e. The highest BCUT2D eigenvalue weighted by atomic mass is 79.9. The molecule has 3 nitrogen and oxygen atoms in total. The van der Waals surface area contributed by atoms with Gasteiger partial charge in [0, 0.05) is 16.7 Å². The van der Waals surface area contributed by atoms with Crippen molar-refractivity contribution in [3.05, 3.63) is 86.3 Å². The van der Waals surface area contributed by atoms with E-state index >= 15 is 0 Å². The summed E-state index contributed by atoms with van der Waals surface area (Å²) >= 11 is 7.09. The monoisotopic (exact) mass is 503 g/mol. The first kappa shape index (κ1) is 20.7. The fraction of sp³-hybridized carbons (Fsp3) is 0.217. The molecule has 146 valence electrons. The summed E-state index contributed by atoms with van der Waals surface area (Å²) in [5.41, 5.74) is 4.68. The first-order valence-electron chi connectivity index (χ1n) is 9.16. The molecule has 1 N–H and O–H groups in total. The highest BCUT2D eigenvalue weighted by Crippen LogP contribution is 2.37. The van der Waals surface area contributed by atoms with Crippen molar-refractivity contribution in [3.63, 3.8) is 0 Å². The molecule has 0 aliphatic heterocycles. The van der Waals surface area contributed by atoms with Gasteiger partial charge in [0.25, 0.3) is 0 Å². The van der Waals surface area contributed by atoms with Gasteiger partial charge < -0.3 is 14.8 Å². The number of ether oxygens (including phenoxy) is 2.